The molecule has 0 aliphatic heterocycles. The molecule has 1 atom stereocenters. The number of hydrogen-bond donors (Lipinski definition) is 2. The molecule has 0 aromatic heterocycles. The Morgan fingerprint density at radius 3 is 2.18 bits per heavy atom. The zero-order valence-corrected chi connectivity index (χ0v) is 13.7. The first-order chi connectivity index (χ1) is 10.5. The molecule has 4 nitrogen and oxygen atoms in total. The fraction of sp³-hybridized carbons (Fsp3) is 0.188. The summed E-state index contributed by atoms with van der Waals surface area (Å²) in [7, 11) is 1.61. The number of carbonyl (C=O) groups excluding carboxylic acids is 1. The summed E-state index contributed by atoms with van der Waals surface area (Å²) in [6, 6.07) is 11.8. The Kier molecular flexibility index (Phi) is 5.52. The molecule has 2 rings (SSSR count). The Morgan fingerprint density at radius 1 is 1.05 bits per heavy atom. The maximum Gasteiger partial charge on any atom is 0.246 e. The number of rotatable bonds is 5. The fourth-order valence-corrected chi connectivity index (χ4v) is 2.41. The Hall–Kier alpha value is -1.91. The third-order valence-corrected chi connectivity index (χ3v) is 3.43. The van der Waals surface area contributed by atoms with Crippen molar-refractivity contribution in [2.75, 3.05) is 17.7 Å². The van der Waals surface area contributed by atoms with Crippen molar-refractivity contribution in [3.8, 4) is 5.75 Å². The summed E-state index contributed by atoms with van der Waals surface area (Å²) < 4.78 is 5.09. The van der Waals surface area contributed by atoms with Crippen molar-refractivity contribution in [2.24, 2.45) is 0 Å². The molecule has 0 spiro atoms. The fourth-order valence-electron chi connectivity index (χ4n) is 1.88. The maximum atomic E-state index is 12.2. The Labute approximate surface area is 139 Å². The highest BCUT2D eigenvalue weighted by atomic mass is 35.5. The molecule has 116 valence electrons. The summed E-state index contributed by atoms with van der Waals surface area (Å²) in [5, 5.41) is 6.82. The zero-order valence-electron chi connectivity index (χ0n) is 12.2. The van der Waals surface area contributed by atoms with Crippen LogP contribution >= 0.6 is 23.2 Å². The number of nitrogens with one attached hydrogen (secondary N) is 2. The number of halogens is 2. The van der Waals surface area contributed by atoms with Crippen LogP contribution < -0.4 is 15.4 Å². The van der Waals surface area contributed by atoms with E-state index in [9.17, 15) is 4.79 Å². The van der Waals surface area contributed by atoms with Gasteiger partial charge in [-0.3, -0.25) is 4.79 Å². The molecule has 22 heavy (non-hydrogen) atoms. The van der Waals surface area contributed by atoms with Crippen LogP contribution in [0.2, 0.25) is 10.0 Å². The Morgan fingerprint density at radius 2 is 1.64 bits per heavy atom. The van der Waals surface area contributed by atoms with Crippen LogP contribution in [0.3, 0.4) is 0 Å². The second-order valence-electron chi connectivity index (χ2n) is 4.74. The molecule has 0 heterocycles. The predicted molar refractivity (Wildman–Crippen MR) is 91.2 cm³/mol. The average Bonchev–Trinajstić information content (AvgIpc) is 2.46. The highest BCUT2D eigenvalue weighted by molar-refractivity contribution is 6.35. The quantitative estimate of drug-likeness (QED) is 0.847. The number of benzene rings is 2. The van der Waals surface area contributed by atoms with Gasteiger partial charge in [0.05, 0.1) is 7.11 Å². The maximum absolute atomic E-state index is 12.2. The first-order valence-electron chi connectivity index (χ1n) is 6.65. The highest BCUT2D eigenvalue weighted by Gasteiger charge is 2.13. The minimum atomic E-state index is -0.425. The smallest absolute Gasteiger partial charge is 0.246 e. The van der Waals surface area contributed by atoms with Crippen LogP contribution in [0.5, 0.6) is 5.75 Å². The lowest BCUT2D eigenvalue weighted by atomic mass is 10.2. The number of ether oxygens (including phenoxy) is 1. The SMILES string of the molecule is COc1ccc(N[C@H](C)C(=O)Nc2cc(Cl)cc(Cl)c2)cc1. The van der Waals surface area contributed by atoms with E-state index in [-0.39, 0.29) is 5.91 Å². The van der Waals surface area contributed by atoms with Crippen molar-refractivity contribution in [3.63, 3.8) is 0 Å². The molecule has 0 fully saturated rings. The average molecular weight is 339 g/mol. The predicted octanol–water partition coefficient (Wildman–Crippen LogP) is 4.44. The van der Waals surface area contributed by atoms with E-state index < -0.39 is 6.04 Å². The molecular formula is C16H16Cl2N2O2. The molecule has 0 aliphatic carbocycles. The number of hydrogen-bond acceptors (Lipinski definition) is 3. The van der Waals surface area contributed by atoms with Gasteiger partial charge in [0.25, 0.3) is 0 Å². The minimum absolute atomic E-state index is 0.186. The summed E-state index contributed by atoms with van der Waals surface area (Å²) in [6.45, 7) is 1.77. The number of methoxy groups -OCH3 is 1. The molecule has 2 N–H and O–H groups in total. The molecule has 2 aromatic rings. The molecule has 0 aliphatic rings. The Balaban J connectivity index is 1.99. The van der Waals surface area contributed by atoms with Crippen molar-refractivity contribution in [1.82, 2.24) is 0 Å². The van der Waals surface area contributed by atoms with E-state index >= 15 is 0 Å². The molecule has 0 saturated heterocycles. The topological polar surface area (TPSA) is 50.4 Å². The lowest BCUT2D eigenvalue weighted by molar-refractivity contribution is -0.116. The normalized spacial score (nSPS) is 11.6. The van der Waals surface area contributed by atoms with Crippen LogP contribution in [0.4, 0.5) is 11.4 Å². The van der Waals surface area contributed by atoms with Gasteiger partial charge in [0.2, 0.25) is 5.91 Å². The van der Waals surface area contributed by atoms with Crippen LogP contribution in [-0.4, -0.2) is 19.1 Å². The third kappa shape index (κ3) is 4.55. The number of amides is 1. The molecule has 6 heteroatoms. The van der Waals surface area contributed by atoms with Crippen molar-refractivity contribution in [1.29, 1.82) is 0 Å². The van der Waals surface area contributed by atoms with Gasteiger partial charge < -0.3 is 15.4 Å². The van der Waals surface area contributed by atoms with Crippen molar-refractivity contribution < 1.29 is 9.53 Å². The van der Waals surface area contributed by atoms with Gasteiger partial charge in [0.15, 0.2) is 0 Å². The molecule has 0 unspecified atom stereocenters. The van der Waals surface area contributed by atoms with Crippen LogP contribution in [0, 0.1) is 0 Å². The summed E-state index contributed by atoms with van der Waals surface area (Å²) >= 11 is 11.8. The summed E-state index contributed by atoms with van der Waals surface area (Å²) in [4.78, 5) is 12.2. The first-order valence-corrected chi connectivity index (χ1v) is 7.41. The second kappa shape index (κ2) is 7.38. The van der Waals surface area contributed by atoms with E-state index in [1.807, 2.05) is 24.3 Å². The summed E-state index contributed by atoms with van der Waals surface area (Å²) in [5.41, 5.74) is 1.39. The van der Waals surface area contributed by atoms with Gasteiger partial charge in [-0.2, -0.15) is 0 Å². The van der Waals surface area contributed by atoms with Gasteiger partial charge in [-0.15, -0.1) is 0 Å². The van der Waals surface area contributed by atoms with Crippen LogP contribution in [-0.2, 0) is 4.79 Å². The summed E-state index contributed by atoms with van der Waals surface area (Å²) in [5.74, 6) is 0.574. The zero-order chi connectivity index (χ0) is 16.1. The molecule has 0 radical (unpaired) electrons. The van der Waals surface area contributed by atoms with Gasteiger partial charge in [-0.05, 0) is 49.4 Å². The standard InChI is InChI=1S/C16H16Cl2N2O2/c1-10(19-13-3-5-15(22-2)6-4-13)16(21)20-14-8-11(17)7-12(18)9-14/h3-10,19H,1-2H3,(H,20,21)/t10-/m1/s1. The number of anilines is 2. The summed E-state index contributed by atoms with van der Waals surface area (Å²) in [6.07, 6.45) is 0. The van der Waals surface area contributed by atoms with Gasteiger partial charge in [0, 0.05) is 21.4 Å². The van der Waals surface area contributed by atoms with Crippen LogP contribution in [0.1, 0.15) is 6.92 Å². The Bertz CT molecular complexity index is 639. The van der Waals surface area contributed by atoms with Crippen molar-refractivity contribution in [2.45, 2.75) is 13.0 Å². The molecule has 0 saturated carbocycles. The van der Waals surface area contributed by atoms with E-state index in [0.29, 0.717) is 15.7 Å². The van der Waals surface area contributed by atoms with Gasteiger partial charge >= 0.3 is 0 Å². The third-order valence-electron chi connectivity index (χ3n) is 3.00. The van der Waals surface area contributed by atoms with Crippen LogP contribution in [0.25, 0.3) is 0 Å². The van der Waals surface area contributed by atoms with E-state index in [2.05, 4.69) is 10.6 Å². The molecule has 2 aromatic carbocycles. The van der Waals surface area contributed by atoms with Crippen molar-refractivity contribution in [3.05, 3.63) is 52.5 Å². The van der Waals surface area contributed by atoms with E-state index in [1.165, 1.54) is 0 Å². The minimum Gasteiger partial charge on any atom is -0.497 e. The van der Waals surface area contributed by atoms with Gasteiger partial charge in [-0.25, -0.2) is 0 Å². The monoisotopic (exact) mass is 338 g/mol. The van der Waals surface area contributed by atoms with Gasteiger partial charge in [-0.1, -0.05) is 23.2 Å². The largest absolute Gasteiger partial charge is 0.497 e. The molecule has 0 bridgehead atoms. The molecular weight excluding hydrogens is 323 g/mol. The van der Waals surface area contributed by atoms with Gasteiger partial charge in [0.1, 0.15) is 11.8 Å². The lowest BCUT2D eigenvalue weighted by Crippen LogP contribution is -2.31. The number of carbonyl (C=O) groups is 1. The first kappa shape index (κ1) is 16.5. The highest BCUT2D eigenvalue weighted by Crippen LogP contribution is 2.23. The van der Waals surface area contributed by atoms with Crippen molar-refractivity contribution >= 4 is 40.5 Å². The molecule has 1 amide bonds. The van der Waals surface area contributed by atoms with E-state index in [1.54, 1.807) is 32.2 Å². The van der Waals surface area contributed by atoms with Crippen LogP contribution in [0.15, 0.2) is 42.5 Å². The second-order valence-corrected chi connectivity index (χ2v) is 5.61. The lowest BCUT2D eigenvalue weighted by Gasteiger charge is -2.16. The van der Waals surface area contributed by atoms with E-state index in [0.717, 1.165) is 11.4 Å². The van der Waals surface area contributed by atoms with E-state index in [4.69, 9.17) is 27.9 Å².